The fraction of sp³-hybridized carbons (Fsp3) is 0.625. The first-order chi connectivity index (χ1) is 9.62. The SMILES string of the molecule is CCNC(C)c1cc(Cl)ccc1OCCN(CC)CC. The molecule has 1 N–H and O–H groups in total. The van der Waals surface area contributed by atoms with Gasteiger partial charge in [-0.3, -0.25) is 0 Å². The van der Waals surface area contributed by atoms with Crippen LogP contribution in [0.15, 0.2) is 18.2 Å². The monoisotopic (exact) mass is 298 g/mol. The minimum absolute atomic E-state index is 0.238. The van der Waals surface area contributed by atoms with E-state index < -0.39 is 0 Å². The topological polar surface area (TPSA) is 24.5 Å². The van der Waals surface area contributed by atoms with E-state index in [-0.39, 0.29) is 6.04 Å². The summed E-state index contributed by atoms with van der Waals surface area (Å²) in [7, 11) is 0. The second kappa shape index (κ2) is 9.22. The van der Waals surface area contributed by atoms with Crippen LogP contribution < -0.4 is 10.1 Å². The van der Waals surface area contributed by atoms with Gasteiger partial charge in [-0.1, -0.05) is 32.4 Å². The van der Waals surface area contributed by atoms with Crippen LogP contribution in [0.5, 0.6) is 5.75 Å². The molecule has 0 aromatic heterocycles. The maximum atomic E-state index is 6.10. The van der Waals surface area contributed by atoms with Gasteiger partial charge in [0, 0.05) is 23.2 Å². The van der Waals surface area contributed by atoms with Gasteiger partial charge >= 0.3 is 0 Å². The number of ether oxygens (including phenoxy) is 1. The van der Waals surface area contributed by atoms with Crippen molar-refractivity contribution in [1.29, 1.82) is 0 Å². The summed E-state index contributed by atoms with van der Waals surface area (Å²) < 4.78 is 5.95. The molecule has 1 aromatic rings. The van der Waals surface area contributed by atoms with Gasteiger partial charge in [-0.25, -0.2) is 0 Å². The molecule has 3 nitrogen and oxygen atoms in total. The lowest BCUT2D eigenvalue weighted by molar-refractivity contribution is 0.221. The second-order valence-corrected chi connectivity index (χ2v) is 5.27. The Morgan fingerprint density at radius 2 is 1.95 bits per heavy atom. The molecular formula is C16H27ClN2O. The van der Waals surface area contributed by atoms with Gasteiger partial charge < -0.3 is 15.0 Å². The molecule has 0 aliphatic heterocycles. The number of benzene rings is 1. The van der Waals surface area contributed by atoms with Gasteiger partial charge in [0.2, 0.25) is 0 Å². The van der Waals surface area contributed by atoms with E-state index in [0.717, 1.165) is 42.5 Å². The molecule has 0 saturated carbocycles. The molecule has 0 radical (unpaired) electrons. The number of rotatable bonds is 9. The summed E-state index contributed by atoms with van der Waals surface area (Å²) in [6, 6.07) is 6.08. The van der Waals surface area contributed by atoms with E-state index >= 15 is 0 Å². The van der Waals surface area contributed by atoms with E-state index in [4.69, 9.17) is 16.3 Å². The molecule has 0 saturated heterocycles. The normalized spacial score (nSPS) is 12.7. The molecule has 114 valence electrons. The highest BCUT2D eigenvalue weighted by molar-refractivity contribution is 6.30. The van der Waals surface area contributed by atoms with Crippen molar-refractivity contribution in [2.24, 2.45) is 0 Å². The zero-order valence-electron chi connectivity index (χ0n) is 13.1. The van der Waals surface area contributed by atoms with Gasteiger partial charge in [0.25, 0.3) is 0 Å². The summed E-state index contributed by atoms with van der Waals surface area (Å²) in [6.07, 6.45) is 0. The molecule has 0 fully saturated rings. The fourth-order valence-electron chi connectivity index (χ4n) is 2.23. The third-order valence-electron chi connectivity index (χ3n) is 3.51. The average Bonchev–Trinajstić information content (AvgIpc) is 2.45. The molecule has 1 unspecified atom stereocenters. The predicted octanol–water partition coefficient (Wildman–Crippen LogP) is 3.73. The third-order valence-corrected chi connectivity index (χ3v) is 3.74. The Kier molecular flexibility index (Phi) is 7.97. The molecule has 0 amide bonds. The largest absolute Gasteiger partial charge is 0.492 e. The van der Waals surface area contributed by atoms with Gasteiger partial charge in [0.1, 0.15) is 12.4 Å². The Bertz CT molecular complexity index is 394. The van der Waals surface area contributed by atoms with Crippen LogP contribution in [0.4, 0.5) is 0 Å². The van der Waals surface area contributed by atoms with Crippen LogP contribution in [0.1, 0.15) is 39.3 Å². The van der Waals surface area contributed by atoms with Crippen LogP contribution in [0.25, 0.3) is 0 Å². The van der Waals surface area contributed by atoms with Crippen molar-refractivity contribution in [2.75, 3.05) is 32.8 Å². The summed E-state index contributed by atoms with van der Waals surface area (Å²) in [6.45, 7) is 13.3. The van der Waals surface area contributed by atoms with E-state index in [1.165, 1.54) is 0 Å². The third kappa shape index (κ3) is 5.31. The second-order valence-electron chi connectivity index (χ2n) is 4.84. The van der Waals surface area contributed by atoms with Crippen LogP contribution in [-0.2, 0) is 0 Å². The number of hydrogen-bond donors (Lipinski definition) is 1. The van der Waals surface area contributed by atoms with Gasteiger partial charge in [0.05, 0.1) is 0 Å². The van der Waals surface area contributed by atoms with Gasteiger partial charge in [-0.2, -0.15) is 0 Å². The van der Waals surface area contributed by atoms with Gasteiger partial charge in [-0.15, -0.1) is 0 Å². The smallest absolute Gasteiger partial charge is 0.124 e. The van der Waals surface area contributed by atoms with Crippen LogP contribution in [0, 0.1) is 0 Å². The zero-order chi connectivity index (χ0) is 15.0. The molecular weight excluding hydrogens is 272 g/mol. The molecule has 1 rings (SSSR count). The molecule has 1 aromatic carbocycles. The molecule has 0 heterocycles. The van der Waals surface area contributed by atoms with Gasteiger partial charge in [0.15, 0.2) is 0 Å². The average molecular weight is 299 g/mol. The summed E-state index contributed by atoms with van der Waals surface area (Å²) in [5.41, 5.74) is 1.12. The zero-order valence-corrected chi connectivity index (χ0v) is 13.8. The Hall–Kier alpha value is -0.770. The highest BCUT2D eigenvalue weighted by Gasteiger charge is 2.12. The maximum Gasteiger partial charge on any atom is 0.124 e. The number of halogens is 1. The molecule has 4 heteroatoms. The molecule has 1 atom stereocenters. The van der Waals surface area contributed by atoms with Crippen molar-refractivity contribution in [1.82, 2.24) is 10.2 Å². The standard InChI is InChI=1S/C16H27ClN2O/c1-5-18-13(4)15-12-14(17)8-9-16(15)20-11-10-19(6-2)7-3/h8-9,12-13,18H,5-7,10-11H2,1-4H3. The minimum atomic E-state index is 0.238. The van der Waals surface area contributed by atoms with Crippen molar-refractivity contribution in [2.45, 2.75) is 33.7 Å². The quantitative estimate of drug-likeness (QED) is 0.752. The van der Waals surface area contributed by atoms with E-state index in [1.54, 1.807) is 0 Å². The number of likely N-dealkylation sites (N-methyl/N-ethyl adjacent to an activating group) is 1. The van der Waals surface area contributed by atoms with Crippen LogP contribution >= 0.6 is 11.6 Å². The summed E-state index contributed by atoms with van der Waals surface area (Å²) in [5.74, 6) is 0.926. The molecule has 0 spiro atoms. The Labute approximate surface area is 128 Å². The summed E-state index contributed by atoms with van der Waals surface area (Å²) in [5, 5.41) is 4.15. The fourth-order valence-corrected chi connectivity index (χ4v) is 2.41. The lowest BCUT2D eigenvalue weighted by atomic mass is 10.1. The van der Waals surface area contributed by atoms with Crippen molar-refractivity contribution in [3.8, 4) is 5.75 Å². The van der Waals surface area contributed by atoms with Crippen LogP contribution in [-0.4, -0.2) is 37.7 Å². The lowest BCUT2D eigenvalue weighted by Gasteiger charge is -2.21. The van der Waals surface area contributed by atoms with E-state index in [9.17, 15) is 0 Å². The van der Waals surface area contributed by atoms with Gasteiger partial charge in [-0.05, 0) is 44.8 Å². The number of nitrogens with one attached hydrogen (secondary N) is 1. The highest BCUT2D eigenvalue weighted by Crippen LogP contribution is 2.28. The Morgan fingerprint density at radius 1 is 1.25 bits per heavy atom. The number of nitrogens with zero attached hydrogens (tertiary/aromatic N) is 1. The maximum absolute atomic E-state index is 6.10. The first-order valence-electron chi connectivity index (χ1n) is 7.50. The molecule has 0 bridgehead atoms. The molecule has 0 aliphatic rings. The first-order valence-corrected chi connectivity index (χ1v) is 7.88. The van der Waals surface area contributed by atoms with Crippen molar-refractivity contribution >= 4 is 11.6 Å². The molecule has 0 aliphatic carbocycles. The predicted molar refractivity (Wildman–Crippen MR) is 86.8 cm³/mol. The Morgan fingerprint density at radius 3 is 2.55 bits per heavy atom. The van der Waals surface area contributed by atoms with E-state index in [1.807, 2.05) is 18.2 Å². The van der Waals surface area contributed by atoms with E-state index in [2.05, 4.69) is 37.9 Å². The van der Waals surface area contributed by atoms with Crippen LogP contribution in [0.3, 0.4) is 0 Å². The minimum Gasteiger partial charge on any atom is -0.492 e. The van der Waals surface area contributed by atoms with Crippen molar-refractivity contribution in [3.05, 3.63) is 28.8 Å². The number of hydrogen-bond acceptors (Lipinski definition) is 3. The highest BCUT2D eigenvalue weighted by atomic mass is 35.5. The lowest BCUT2D eigenvalue weighted by Crippen LogP contribution is -2.28. The van der Waals surface area contributed by atoms with Crippen LogP contribution in [0.2, 0.25) is 5.02 Å². The Balaban J connectivity index is 2.68. The first kappa shape index (κ1) is 17.3. The molecule has 20 heavy (non-hydrogen) atoms. The van der Waals surface area contributed by atoms with Crippen molar-refractivity contribution in [3.63, 3.8) is 0 Å². The summed E-state index contributed by atoms with van der Waals surface area (Å²) >= 11 is 6.10. The van der Waals surface area contributed by atoms with Crippen molar-refractivity contribution < 1.29 is 4.74 Å². The summed E-state index contributed by atoms with van der Waals surface area (Å²) in [4.78, 5) is 2.35. The van der Waals surface area contributed by atoms with E-state index in [0.29, 0.717) is 6.61 Å².